The van der Waals surface area contributed by atoms with Crippen LogP contribution in [0, 0.1) is 0 Å². The molecule has 1 unspecified atom stereocenters. The van der Waals surface area contributed by atoms with Crippen molar-refractivity contribution in [1.82, 2.24) is 4.90 Å². The Morgan fingerprint density at radius 2 is 2.17 bits per heavy atom. The van der Waals surface area contributed by atoms with Crippen LogP contribution in [0.2, 0.25) is 0 Å². The summed E-state index contributed by atoms with van der Waals surface area (Å²) in [5.74, 6) is -1.45. The average Bonchev–Trinajstić information content (AvgIpc) is 3.14. The number of rotatable bonds is 4. The molecule has 1 aromatic carbocycles. The van der Waals surface area contributed by atoms with Gasteiger partial charge in [-0.15, -0.1) is 23.1 Å². The molecule has 126 valence electrons. The Bertz CT molecular complexity index is 928. The number of thiophene rings is 1. The third-order valence-corrected chi connectivity index (χ3v) is 6.08. The van der Waals surface area contributed by atoms with Gasteiger partial charge in [-0.05, 0) is 36.4 Å². The quantitative estimate of drug-likeness (QED) is 0.613. The maximum absolute atomic E-state index is 13.1. The van der Waals surface area contributed by atoms with Gasteiger partial charge < -0.3 is 9.64 Å². The van der Waals surface area contributed by atoms with Gasteiger partial charge in [0.1, 0.15) is 6.04 Å². The number of ether oxygens (including phenoxy) is 1. The summed E-state index contributed by atoms with van der Waals surface area (Å²) in [5, 5.41) is 0. The third-order valence-electron chi connectivity index (χ3n) is 3.93. The van der Waals surface area contributed by atoms with Crippen molar-refractivity contribution in [1.29, 1.82) is 0 Å². The van der Waals surface area contributed by atoms with E-state index in [2.05, 4.69) is 0 Å². The zero-order valence-electron chi connectivity index (χ0n) is 17.9. The smallest absolute Gasteiger partial charge is 0.329 e. The minimum atomic E-state index is -3.15. The van der Waals surface area contributed by atoms with E-state index in [1.54, 1.807) is 6.07 Å². The van der Waals surface area contributed by atoms with Crippen molar-refractivity contribution >= 4 is 35.0 Å². The van der Waals surface area contributed by atoms with E-state index in [0.29, 0.717) is 4.88 Å². The number of esters is 1. The monoisotopic (exact) mass is 366 g/mol. The van der Waals surface area contributed by atoms with Crippen molar-refractivity contribution in [2.75, 3.05) is 12.8 Å². The second-order valence-electron chi connectivity index (χ2n) is 5.27. The van der Waals surface area contributed by atoms with Crippen LogP contribution in [0.3, 0.4) is 0 Å². The van der Waals surface area contributed by atoms with E-state index in [1.165, 1.54) is 28.0 Å². The summed E-state index contributed by atoms with van der Waals surface area (Å²) < 4.78 is 42.6. The number of benzene rings is 1. The summed E-state index contributed by atoms with van der Waals surface area (Å²) in [4.78, 5) is 27.7. The molecule has 1 aliphatic rings. The highest BCUT2D eigenvalue weighted by Crippen LogP contribution is 2.30. The summed E-state index contributed by atoms with van der Waals surface area (Å²) in [6.45, 7) is -6.13. The number of hydrogen-bond acceptors (Lipinski definition) is 5. The van der Waals surface area contributed by atoms with E-state index in [9.17, 15) is 9.59 Å². The van der Waals surface area contributed by atoms with Crippen LogP contribution in [-0.4, -0.2) is 35.6 Å². The molecule has 0 spiro atoms. The first-order valence-corrected chi connectivity index (χ1v) is 9.32. The lowest BCUT2D eigenvalue weighted by molar-refractivity contribution is -0.149. The molecule has 0 fully saturated rings. The van der Waals surface area contributed by atoms with Crippen LogP contribution in [-0.2, 0) is 22.5 Å². The van der Waals surface area contributed by atoms with Crippen LogP contribution < -0.4 is 0 Å². The summed E-state index contributed by atoms with van der Waals surface area (Å²) in [5.41, 5.74) is 1.72. The molecule has 3 rings (SSSR count). The average molecular weight is 367 g/mol. The second kappa shape index (κ2) is 7.40. The number of thioether (sulfide) groups is 1. The van der Waals surface area contributed by atoms with Crippen LogP contribution >= 0.6 is 23.1 Å². The minimum Gasteiger partial charge on any atom is -0.464 e. The van der Waals surface area contributed by atoms with Gasteiger partial charge >= 0.3 is 5.97 Å². The standard InChI is InChI=1S/C18H19NO3S2/c1-3-22-18(21)14-10-12-6-4-5-7-13(12)11-19(14)17(20)15-8-9-16(23-2)24-15/h4-9,14H,3,10-11H2,1-2H3/i1D3,3D2. The Balaban J connectivity index is 1.93. The molecular formula is C18H19NO3S2. The first kappa shape index (κ1) is 11.7. The molecule has 1 atom stereocenters. The molecule has 0 aliphatic carbocycles. The van der Waals surface area contributed by atoms with Gasteiger partial charge in [-0.1, -0.05) is 24.3 Å². The van der Waals surface area contributed by atoms with E-state index in [4.69, 9.17) is 11.6 Å². The van der Waals surface area contributed by atoms with E-state index in [1.807, 2.05) is 36.6 Å². The molecule has 4 nitrogen and oxygen atoms in total. The summed E-state index contributed by atoms with van der Waals surface area (Å²) in [6.07, 6.45) is 2.02. The normalized spacial score (nSPS) is 20.8. The molecule has 0 N–H and O–H groups in total. The maximum atomic E-state index is 13.1. The third kappa shape index (κ3) is 3.35. The summed E-state index contributed by atoms with van der Waals surface area (Å²) in [6, 6.07) is 9.72. The van der Waals surface area contributed by atoms with Crippen LogP contribution in [0.4, 0.5) is 0 Å². The summed E-state index contributed by atoms with van der Waals surface area (Å²) >= 11 is 2.81. The number of carbonyl (C=O) groups is 2. The van der Waals surface area contributed by atoms with Gasteiger partial charge in [0, 0.05) is 17.1 Å². The molecule has 0 bridgehead atoms. The Labute approximate surface area is 156 Å². The summed E-state index contributed by atoms with van der Waals surface area (Å²) in [7, 11) is 0. The van der Waals surface area contributed by atoms with Crippen LogP contribution in [0.1, 0.15) is 34.5 Å². The predicted molar refractivity (Wildman–Crippen MR) is 96.5 cm³/mol. The Morgan fingerprint density at radius 3 is 2.88 bits per heavy atom. The zero-order chi connectivity index (χ0) is 21.4. The molecule has 1 aromatic heterocycles. The number of hydrogen-bond donors (Lipinski definition) is 0. The highest BCUT2D eigenvalue weighted by atomic mass is 32.2. The Morgan fingerprint density at radius 1 is 1.38 bits per heavy atom. The lowest BCUT2D eigenvalue weighted by Gasteiger charge is -2.35. The van der Waals surface area contributed by atoms with E-state index in [-0.39, 0.29) is 18.9 Å². The molecule has 0 radical (unpaired) electrons. The van der Waals surface area contributed by atoms with Crippen LogP contribution in [0.15, 0.2) is 40.6 Å². The molecule has 24 heavy (non-hydrogen) atoms. The van der Waals surface area contributed by atoms with E-state index in [0.717, 1.165) is 15.3 Å². The molecule has 1 amide bonds. The lowest BCUT2D eigenvalue weighted by atomic mass is 9.94. The van der Waals surface area contributed by atoms with Crippen molar-refractivity contribution in [2.24, 2.45) is 0 Å². The van der Waals surface area contributed by atoms with Gasteiger partial charge in [-0.3, -0.25) is 4.79 Å². The van der Waals surface area contributed by atoms with Gasteiger partial charge in [0.15, 0.2) is 0 Å². The fourth-order valence-electron chi connectivity index (χ4n) is 2.75. The van der Waals surface area contributed by atoms with Crippen LogP contribution in [0.25, 0.3) is 0 Å². The SMILES string of the molecule is [2H]C([2H])([2H])C([2H])([2H])OC(=O)C1Cc2ccccc2CN1C(=O)c1ccc(SC)s1. The second-order valence-corrected chi connectivity index (χ2v) is 7.46. The van der Waals surface area contributed by atoms with Crippen molar-refractivity contribution in [3.8, 4) is 0 Å². The fourth-order valence-corrected chi connectivity index (χ4v) is 4.25. The van der Waals surface area contributed by atoms with E-state index >= 15 is 0 Å². The highest BCUT2D eigenvalue weighted by molar-refractivity contribution is 8.00. The number of fused-ring (bicyclic) bond motifs is 1. The topological polar surface area (TPSA) is 46.6 Å². The predicted octanol–water partition coefficient (Wildman–Crippen LogP) is 3.60. The van der Waals surface area contributed by atoms with Gasteiger partial charge in [0.25, 0.3) is 5.91 Å². The van der Waals surface area contributed by atoms with Gasteiger partial charge in [0.05, 0.1) is 18.4 Å². The van der Waals surface area contributed by atoms with Crippen LogP contribution in [0.5, 0.6) is 0 Å². The Kier molecular flexibility index (Phi) is 3.61. The molecule has 0 saturated carbocycles. The molecule has 2 aromatic rings. The molecule has 0 saturated heterocycles. The van der Waals surface area contributed by atoms with Gasteiger partial charge in [-0.25, -0.2) is 4.79 Å². The number of carbonyl (C=O) groups excluding carboxylic acids is 2. The van der Waals surface area contributed by atoms with Crippen molar-refractivity contribution in [2.45, 2.75) is 30.1 Å². The van der Waals surface area contributed by atoms with Crippen molar-refractivity contribution < 1.29 is 21.2 Å². The van der Waals surface area contributed by atoms with E-state index < -0.39 is 25.4 Å². The largest absolute Gasteiger partial charge is 0.464 e. The van der Waals surface area contributed by atoms with Crippen molar-refractivity contribution in [3.63, 3.8) is 0 Å². The maximum Gasteiger partial charge on any atom is 0.329 e. The first-order valence-electron chi connectivity index (χ1n) is 9.78. The number of amides is 1. The van der Waals surface area contributed by atoms with Gasteiger partial charge in [0.2, 0.25) is 0 Å². The number of nitrogens with zero attached hydrogens (tertiary/aromatic N) is 1. The molecular weight excluding hydrogens is 342 g/mol. The molecule has 1 aliphatic heterocycles. The zero-order valence-corrected chi connectivity index (χ0v) is 14.6. The molecule has 6 heteroatoms. The Hall–Kier alpha value is -1.79. The lowest BCUT2D eigenvalue weighted by Crippen LogP contribution is -2.49. The first-order chi connectivity index (χ1) is 13.5. The van der Waals surface area contributed by atoms with Crippen molar-refractivity contribution in [3.05, 3.63) is 52.4 Å². The highest BCUT2D eigenvalue weighted by Gasteiger charge is 2.36. The fraction of sp³-hybridized carbons (Fsp3) is 0.333. The van der Waals surface area contributed by atoms with Gasteiger partial charge in [-0.2, -0.15) is 0 Å². The molecule has 2 heterocycles. The minimum absolute atomic E-state index is 0.124.